The molecule has 3 nitrogen and oxygen atoms in total. The molecule has 94 valence electrons. The van der Waals surface area contributed by atoms with Gasteiger partial charge in [-0.15, -0.1) is 0 Å². The number of hydrogen-bond acceptors (Lipinski definition) is 3. The van der Waals surface area contributed by atoms with Gasteiger partial charge in [-0.3, -0.25) is 0 Å². The Balaban J connectivity index is 1.63. The highest BCUT2D eigenvalue weighted by atomic mass is 16.5. The van der Waals surface area contributed by atoms with E-state index >= 15 is 0 Å². The molecule has 2 unspecified atom stereocenters. The Morgan fingerprint density at radius 1 is 1.19 bits per heavy atom. The zero-order valence-corrected chi connectivity index (χ0v) is 10.5. The number of rotatable bonds is 4. The van der Waals surface area contributed by atoms with E-state index in [1.54, 1.807) is 0 Å². The van der Waals surface area contributed by atoms with Gasteiger partial charge in [0.25, 0.3) is 0 Å². The topological polar surface area (TPSA) is 33.3 Å². The zero-order valence-electron chi connectivity index (χ0n) is 10.5. The third kappa shape index (κ3) is 3.72. The van der Waals surface area contributed by atoms with Gasteiger partial charge in [0.1, 0.15) is 0 Å². The number of ether oxygens (including phenoxy) is 1. The molecule has 1 heterocycles. The van der Waals surface area contributed by atoms with Crippen molar-refractivity contribution in [2.75, 3.05) is 20.2 Å². The fraction of sp³-hybridized carbons (Fsp3) is 1.00. The predicted octanol–water partition coefficient (Wildman–Crippen LogP) is 1.68. The summed E-state index contributed by atoms with van der Waals surface area (Å²) in [7, 11) is 1.81. The van der Waals surface area contributed by atoms with Gasteiger partial charge in [0.15, 0.2) is 0 Å². The van der Waals surface area contributed by atoms with Crippen LogP contribution < -0.4 is 10.6 Å². The summed E-state index contributed by atoms with van der Waals surface area (Å²) in [5.74, 6) is 0. The van der Waals surface area contributed by atoms with Crippen molar-refractivity contribution in [3.8, 4) is 0 Å². The minimum atomic E-state index is 0.431. The van der Waals surface area contributed by atoms with Crippen LogP contribution in [0.5, 0.6) is 0 Å². The first-order valence-electron chi connectivity index (χ1n) is 6.88. The van der Waals surface area contributed by atoms with Gasteiger partial charge in [0.05, 0.1) is 6.10 Å². The maximum Gasteiger partial charge on any atom is 0.0711 e. The Morgan fingerprint density at radius 3 is 2.56 bits per heavy atom. The summed E-state index contributed by atoms with van der Waals surface area (Å²) in [6, 6.07) is 1.39. The molecular weight excluding hydrogens is 200 g/mol. The summed E-state index contributed by atoms with van der Waals surface area (Å²) in [6.07, 6.45) is 10.0. The molecular formula is C13H26N2O. The van der Waals surface area contributed by atoms with E-state index in [4.69, 9.17) is 4.74 Å². The van der Waals surface area contributed by atoms with Gasteiger partial charge in [-0.2, -0.15) is 0 Å². The lowest BCUT2D eigenvalue weighted by atomic mass is 10.1. The van der Waals surface area contributed by atoms with Crippen LogP contribution in [0.4, 0.5) is 0 Å². The van der Waals surface area contributed by atoms with E-state index in [2.05, 4.69) is 10.6 Å². The smallest absolute Gasteiger partial charge is 0.0711 e. The Labute approximate surface area is 99.3 Å². The van der Waals surface area contributed by atoms with Gasteiger partial charge < -0.3 is 15.4 Å². The fourth-order valence-electron chi connectivity index (χ4n) is 2.91. The highest BCUT2D eigenvalue weighted by Gasteiger charge is 2.24. The Hall–Kier alpha value is -0.120. The van der Waals surface area contributed by atoms with Gasteiger partial charge in [0.2, 0.25) is 0 Å². The van der Waals surface area contributed by atoms with Crippen LogP contribution in [0.15, 0.2) is 0 Å². The van der Waals surface area contributed by atoms with Crippen LogP contribution in [0, 0.1) is 0 Å². The van der Waals surface area contributed by atoms with Gasteiger partial charge in [-0.1, -0.05) is 25.7 Å². The molecule has 2 aliphatic rings. The Morgan fingerprint density at radius 2 is 1.94 bits per heavy atom. The summed E-state index contributed by atoms with van der Waals surface area (Å²) < 4.78 is 5.36. The lowest BCUT2D eigenvalue weighted by molar-refractivity contribution is 0.117. The summed E-state index contributed by atoms with van der Waals surface area (Å²) in [5, 5.41) is 7.26. The minimum Gasteiger partial charge on any atom is -0.380 e. The van der Waals surface area contributed by atoms with Crippen LogP contribution in [0.2, 0.25) is 0 Å². The number of methoxy groups -OCH3 is 1. The fourth-order valence-corrected chi connectivity index (χ4v) is 2.91. The van der Waals surface area contributed by atoms with E-state index in [-0.39, 0.29) is 0 Å². The molecule has 2 N–H and O–H groups in total. The molecule has 0 aromatic heterocycles. The largest absolute Gasteiger partial charge is 0.380 e. The second kappa shape index (κ2) is 6.58. The van der Waals surface area contributed by atoms with Crippen molar-refractivity contribution >= 4 is 0 Å². The summed E-state index contributed by atoms with van der Waals surface area (Å²) >= 11 is 0. The van der Waals surface area contributed by atoms with Gasteiger partial charge in [-0.25, -0.2) is 0 Å². The van der Waals surface area contributed by atoms with Crippen LogP contribution in [-0.2, 0) is 4.74 Å². The number of hydrogen-bond donors (Lipinski definition) is 2. The Kier molecular flexibility index (Phi) is 5.07. The monoisotopic (exact) mass is 226 g/mol. The average Bonchev–Trinajstić information content (AvgIpc) is 2.61. The lowest BCUT2D eigenvalue weighted by Crippen LogP contribution is -2.39. The van der Waals surface area contributed by atoms with Gasteiger partial charge in [-0.05, 0) is 19.3 Å². The average molecular weight is 226 g/mol. The van der Waals surface area contributed by atoms with E-state index in [1.807, 2.05) is 7.11 Å². The standard InChI is InChI=1S/C13H26N2O/c1-16-13-8-12(15-10-13)9-14-11-6-4-2-3-5-7-11/h11-15H,2-10H2,1H3. The molecule has 0 bridgehead atoms. The van der Waals surface area contributed by atoms with Crippen molar-refractivity contribution < 1.29 is 4.74 Å². The molecule has 2 fully saturated rings. The predicted molar refractivity (Wildman–Crippen MR) is 66.7 cm³/mol. The first kappa shape index (κ1) is 12.3. The normalized spacial score (nSPS) is 32.8. The second-order valence-electron chi connectivity index (χ2n) is 5.30. The van der Waals surface area contributed by atoms with Crippen molar-refractivity contribution in [1.29, 1.82) is 0 Å². The maximum absolute atomic E-state index is 5.36. The first-order valence-corrected chi connectivity index (χ1v) is 6.88. The first-order chi connectivity index (χ1) is 7.88. The molecule has 1 saturated carbocycles. The molecule has 1 aliphatic heterocycles. The molecule has 16 heavy (non-hydrogen) atoms. The van der Waals surface area contributed by atoms with Crippen LogP contribution in [0.25, 0.3) is 0 Å². The van der Waals surface area contributed by atoms with E-state index in [0.29, 0.717) is 12.1 Å². The molecule has 1 aliphatic carbocycles. The molecule has 0 spiro atoms. The maximum atomic E-state index is 5.36. The van der Waals surface area contributed by atoms with Crippen molar-refractivity contribution in [2.45, 2.75) is 63.1 Å². The molecule has 0 aromatic carbocycles. The van der Waals surface area contributed by atoms with E-state index in [1.165, 1.54) is 38.5 Å². The molecule has 2 rings (SSSR count). The zero-order chi connectivity index (χ0) is 11.2. The van der Waals surface area contributed by atoms with Crippen molar-refractivity contribution in [3.05, 3.63) is 0 Å². The molecule has 0 amide bonds. The lowest BCUT2D eigenvalue weighted by Gasteiger charge is -2.19. The van der Waals surface area contributed by atoms with Crippen LogP contribution in [-0.4, -0.2) is 38.4 Å². The summed E-state index contributed by atoms with van der Waals surface area (Å²) in [5.41, 5.74) is 0. The van der Waals surface area contributed by atoms with Crippen LogP contribution in [0.1, 0.15) is 44.9 Å². The van der Waals surface area contributed by atoms with E-state index < -0.39 is 0 Å². The summed E-state index contributed by atoms with van der Waals surface area (Å²) in [6.45, 7) is 2.14. The minimum absolute atomic E-state index is 0.431. The van der Waals surface area contributed by atoms with Crippen molar-refractivity contribution in [1.82, 2.24) is 10.6 Å². The van der Waals surface area contributed by atoms with Crippen LogP contribution in [0.3, 0.4) is 0 Å². The number of nitrogens with one attached hydrogen (secondary N) is 2. The Bertz CT molecular complexity index is 190. The molecule has 1 saturated heterocycles. The third-order valence-corrected chi connectivity index (χ3v) is 4.02. The quantitative estimate of drug-likeness (QED) is 0.716. The molecule has 3 heteroatoms. The van der Waals surface area contributed by atoms with Crippen LogP contribution >= 0.6 is 0 Å². The highest BCUT2D eigenvalue weighted by Crippen LogP contribution is 2.17. The molecule has 2 atom stereocenters. The van der Waals surface area contributed by atoms with E-state index in [0.717, 1.165) is 25.6 Å². The molecule has 0 radical (unpaired) electrons. The third-order valence-electron chi connectivity index (χ3n) is 4.02. The second-order valence-corrected chi connectivity index (χ2v) is 5.30. The van der Waals surface area contributed by atoms with E-state index in [9.17, 15) is 0 Å². The van der Waals surface area contributed by atoms with Crippen molar-refractivity contribution in [2.24, 2.45) is 0 Å². The molecule has 0 aromatic rings. The van der Waals surface area contributed by atoms with Crippen molar-refractivity contribution in [3.63, 3.8) is 0 Å². The van der Waals surface area contributed by atoms with Gasteiger partial charge >= 0.3 is 0 Å². The highest BCUT2D eigenvalue weighted by molar-refractivity contribution is 4.85. The SMILES string of the molecule is COC1CNC(CNC2CCCCCC2)C1. The van der Waals surface area contributed by atoms with Gasteiger partial charge in [0, 0.05) is 32.3 Å². The summed E-state index contributed by atoms with van der Waals surface area (Å²) in [4.78, 5) is 0.